The second kappa shape index (κ2) is 9.97. The first kappa shape index (κ1) is 21.4. The van der Waals surface area contributed by atoms with E-state index in [2.05, 4.69) is 28.9 Å². The van der Waals surface area contributed by atoms with Crippen LogP contribution in [0.5, 0.6) is 5.75 Å². The molecule has 5 nitrogen and oxygen atoms in total. The molecular weight excluding hydrogens is 364 g/mol. The molecule has 0 spiro atoms. The van der Waals surface area contributed by atoms with Gasteiger partial charge in [0, 0.05) is 30.0 Å². The van der Waals surface area contributed by atoms with Crippen molar-refractivity contribution in [3.05, 3.63) is 41.1 Å². The van der Waals surface area contributed by atoms with E-state index in [1.165, 1.54) is 37.7 Å². The van der Waals surface area contributed by atoms with Crippen LogP contribution >= 0.6 is 0 Å². The maximum Gasteiger partial charge on any atom is 0.253 e. The van der Waals surface area contributed by atoms with E-state index in [9.17, 15) is 4.79 Å². The zero-order chi connectivity index (χ0) is 20.8. The van der Waals surface area contributed by atoms with Gasteiger partial charge in [-0.25, -0.2) is 0 Å². The molecule has 29 heavy (non-hydrogen) atoms. The van der Waals surface area contributed by atoms with Crippen molar-refractivity contribution < 1.29 is 14.6 Å². The monoisotopic (exact) mass is 398 g/mol. The van der Waals surface area contributed by atoms with Gasteiger partial charge in [0.25, 0.3) is 5.91 Å². The number of nitrogens with one attached hydrogen (secondary N) is 1. The van der Waals surface area contributed by atoms with Crippen molar-refractivity contribution in [1.29, 1.82) is 0 Å². The Bertz CT molecular complexity index is 835. The molecule has 1 heterocycles. The van der Waals surface area contributed by atoms with E-state index in [4.69, 9.17) is 9.84 Å². The predicted octanol–water partition coefficient (Wildman–Crippen LogP) is 4.34. The topological polar surface area (TPSA) is 63.5 Å². The molecule has 1 aliphatic carbocycles. The molecule has 0 atom stereocenters. The van der Waals surface area contributed by atoms with Crippen molar-refractivity contribution >= 4 is 5.91 Å². The van der Waals surface area contributed by atoms with E-state index in [0.717, 1.165) is 35.7 Å². The molecule has 1 aromatic carbocycles. The molecule has 1 aliphatic rings. The van der Waals surface area contributed by atoms with Crippen LogP contribution in [0.3, 0.4) is 0 Å². The number of ether oxygens (including phenoxy) is 1. The zero-order valence-corrected chi connectivity index (χ0v) is 18.0. The van der Waals surface area contributed by atoms with Gasteiger partial charge in [-0.3, -0.25) is 4.79 Å². The maximum absolute atomic E-state index is 12.7. The molecule has 0 radical (unpaired) electrons. The van der Waals surface area contributed by atoms with Gasteiger partial charge in [0.1, 0.15) is 5.75 Å². The van der Waals surface area contributed by atoms with Gasteiger partial charge in [0.2, 0.25) is 0 Å². The van der Waals surface area contributed by atoms with Gasteiger partial charge in [0.05, 0.1) is 19.3 Å². The van der Waals surface area contributed by atoms with Crippen molar-refractivity contribution in [2.24, 2.45) is 5.92 Å². The summed E-state index contributed by atoms with van der Waals surface area (Å²) in [5, 5.41) is 11.9. The highest BCUT2D eigenvalue weighted by molar-refractivity contribution is 5.97. The number of carbonyl (C=O) groups excluding carboxylic acids is 1. The number of nitrogens with zero attached hydrogens (tertiary/aromatic N) is 1. The van der Waals surface area contributed by atoms with E-state index in [0.29, 0.717) is 11.5 Å². The molecule has 0 saturated heterocycles. The van der Waals surface area contributed by atoms with E-state index in [-0.39, 0.29) is 19.1 Å². The number of hydrogen-bond acceptors (Lipinski definition) is 3. The normalized spacial score (nSPS) is 14.8. The van der Waals surface area contributed by atoms with Crippen molar-refractivity contribution in [1.82, 2.24) is 9.88 Å². The van der Waals surface area contributed by atoms with E-state index < -0.39 is 0 Å². The average molecular weight is 399 g/mol. The summed E-state index contributed by atoms with van der Waals surface area (Å²) in [4.78, 5) is 12.7. The fourth-order valence-electron chi connectivity index (χ4n) is 4.46. The fourth-order valence-corrected chi connectivity index (χ4v) is 4.46. The summed E-state index contributed by atoms with van der Waals surface area (Å²) in [6, 6.07) is 8.21. The summed E-state index contributed by atoms with van der Waals surface area (Å²) in [5.41, 5.74) is 5.14. The number of amides is 1. The predicted molar refractivity (Wildman–Crippen MR) is 117 cm³/mol. The van der Waals surface area contributed by atoms with Crippen LogP contribution in [0.25, 0.3) is 11.3 Å². The lowest BCUT2D eigenvalue weighted by molar-refractivity contribution is 0.0944. The minimum absolute atomic E-state index is 0.0592. The number of rotatable bonds is 8. The lowest BCUT2D eigenvalue weighted by Gasteiger charge is -2.25. The molecule has 0 unspecified atom stereocenters. The first-order valence-electron chi connectivity index (χ1n) is 10.9. The van der Waals surface area contributed by atoms with Gasteiger partial charge in [-0.2, -0.15) is 0 Å². The second-order valence-corrected chi connectivity index (χ2v) is 8.00. The second-order valence-electron chi connectivity index (χ2n) is 8.00. The lowest BCUT2D eigenvalue weighted by atomic mass is 9.89. The van der Waals surface area contributed by atoms with Crippen LogP contribution in [0, 0.1) is 12.8 Å². The number of benzene rings is 1. The first-order valence-corrected chi connectivity index (χ1v) is 10.9. The third kappa shape index (κ3) is 4.84. The van der Waals surface area contributed by atoms with Crippen molar-refractivity contribution in [3.63, 3.8) is 0 Å². The molecule has 0 bridgehead atoms. The molecule has 158 valence electrons. The van der Waals surface area contributed by atoms with Crippen LogP contribution in [-0.4, -0.2) is 35.8 Å². The summed E-state index contributed by atoms with van der Waals surface area (Å²) in [7, 11) is 1.69. The Labute approximate surface area is 174 Å². The smallest absolute Gasteiger partial charge is 0.253 e. The van der Waals surface area contributed by atoms with Gasteiger partial charge >= 0.3 is 0 Å². The number of aryl methyl sites for hydroxylation is 1. The average Bonchev–Trinajstić information content (AvgIpc) is 3.08. The molecule has 0 aliphatic heterocycles. The SMILES string of the molecule is CCc1ccc(OC)cc1-c1cc(C(=O)NCCO)c(C)n1CC1CCCCC1. The summed E-state index contributed by atoms with van der Waals surface area (Å²) in [6.07, 6.45) is 7.34. The Balaban J connectivity index is 2.07. The van der Waals surface area contributed by atoms with E-state index >= 15 is 0 Å². The minimum Gasteiger partial charge on any atom is -0.497 e. The molecule has 1 amide bonds. The molecule has 5 heteroatoms. The first-order chi connectivity index (χ1) is 14.1. The highest BCUT2D eigenvalue weighted by Gasteiger charge is 2.23. The Kier molecular flexibility index (Phi) is 7.37. The number of methoxy groups -OCH3 is 1. The highest BCUT2D eigenvalue weighted by Crippen LogP contribution is 2.34. The molecule has 1 aromatic heterocycles. The summed E-state index contributed by atoms with van der Waals surface area (Å²) in [6.45, 7) is 5.33. The summed E-state index contributed by atoms with van der Waals surface area (Å²) < 4.78 is 7.82. The van der Waals surface area contributed by atoms with Crippen LogP contribution in [0.15, 0.2) is 24.3 Å². The fraction of sp³-hybridized carbons (Fsp3) is 0.542. The van der Waals surface area contributed by atoms with Gasteiger partial charge in [-0.1, -0.05) is 32.3 Å². The molecule has 1 fully saturated rings. The molecule has 2 N–H and O–H groups in total. The van der Waals surface area contributed by atoms with Gasteiger partial charge in [-0.05, 0) is 55.9 Å². The quantitative estimate of drug-likeness (QED) is 0.695. The minimum atomic E-state index is -0.124. The number of aliphatic hydroxyl groups excluding tert-OH is 1. The largest absolute Gasteiger partial charge is 0.497 e. The number of hydrogen-bond donors (Lipinski definition) is 2. The Morgan fingerprint density at radius 2 is 2.00 bits per heavy atom. The maximum atomic E-state index is 12.7. The zero-order valence-electron chi connectivity index (χ0n) is 18.0. The summed E-state index contributed by atoms with van der Waals surface area (Å²) in [5.74, 6) is 1.35. The van der Waals surface area contributed by atoms with Crippen LogP contribution in [-0.2, 0) is 13.0 Å². The van der Waals surface area contributed by atoms with Crippen LogP contribution in [0.2, 0.25) is 0 Å². The number of carbonyl (C=O) groups is 1. The van der Waals surface area contributed by atoms with Gasteiger partial charge in [-0.15, -0.1) is 0 Å². The Morgan fingerprint density at radius 1 is 1.24 bits per heavy atom. The standard InChI is InChI=1S/C24H34N2O3/c1-4-19-10-11-20(29-3)14-22(19)23-15-21(24(28)25-12-13-27)17(2)26(23)16-18-8-6-5-7-9-18/h10-11,14-15,18,27H,4-9,12-13,16H2,1-3H3,(H,25,28). The van der Waals surface area contributed by atoms with Gasteiger partial charge < -0.3 is 19.7 Å². The third-order valence-corrected chi connectivity index (χ3v) is 6.15. The van der Waals surface area contributed by atoms with Crippen LogP contribution in [0.1, 0.15) is 60.6 Å². The number of aromatic nitrogens is 1. The Morgan fingerprint density at radius 3 is 2.66 bits per heavy atom. The van der Waals surface area contributed by atoms with Gasteiger partial charge in [0.15, 0.2) is 0 Å². The Hall–Kier alpha value is -2.27. The van der Waals surface area contributed by atoms with Crippen molar-refractivity contribution in [2.45, 2.75) is 58.9 Å². The van der Waals surface area contributed by atoms with E-state index in [1.807, 2.05) is 19.1 Å². The molecule has 2 aromatic rings. The highest BCUT2D eigenvalue weighted by atomic mass is 16.5. The number of aliphatic hydroxyl groups is 1. The van der Waals surface area contributed by atoms with E-state index in [1.54, 1.807) is 7.11 Å². The van der Waals surface area contributed by atoms with Crippen molar-refractivity contribution in [3.8, 4) is 17.0 Å². The molecule has 3 rings (SSSR count). The molecular formula is C24H34N2O3. The van der Waals surface area contributed by atoms with Crippen LogP contribution < -0.4 is 10.1 Å². The van der Waals surface area contributed by atoms with Crippen molar-refractivity contribution in [2.75, 3.05) is 20.3 Å². The summed E-state index contributed by atoms with van der Waals surface area (Å²) >= 11 is 0. The lowest BCUT2D eigenvalue weighted by Crippen LogP contribution is -2.27. The molecule has 1 saturated carbocycles. The third-order valence-electron chi connectivity index (χ3n) is 6.15. The van der Waals surface area contributed by atoms with Crippen LogP contribution in [0.4, 0.5) is 0 Å².